The Morgan fingerprint density at radius 2 is 1.03 bits per heavy atom. The Kier molecular flexibility index (Phi) is 11.6. The van der Waals surface area contributed by atoms with Crippen LogP contribution >= 0.6 is 0 Å². The van der Waals surface area contributed by atoms with Gasteiger partial charge in [-0.25, -0.2) is 4.79 Å². The van der Waals surface area contributed by atoms with Crippen molar-refractivity contribution < 1.29 is 21.6 Å². The van der Waals surface area contributed by atoms with E-state index < -0.39 is 34.0 Å². The molecule has 0 aromatic rings. The first-order chi connectivity index (χ1) is 14.2. The third kappa shape index (κ3) is 7.74. The van der Waals surface area contributed by atoms with Crippen molar-refractivity contribution in [2.45, 2.75) is 130 Å². The van der Waals surface area contributed by atoms with Crippen molar-refractivity contribution in [3.63, 3.8) is 0 Å². The molecule has 0 bridgehead atoms. The summed E-state index contributed by atoms with van der Waals surface area (Å²) in [5, 5.41) is 0. The largest absolute Gasteiger partial charge is 0.491 e. The van der Waals surface area contributed by atoms with Gasteiger partial charge in [-0.3, -0.25) is 0 Å². The fraction of sp³-hybridized carbons (Fsp3) is 0.870. The molecular formula is C23H52O5Si4. The lowest BCUT2D eigenvalue weighted by molar-refractivity contribution is -0.132. The molecule has 0 spiro atoms. The summed E-state index contributed by atoms with van der Waals surface area (Å²) in [5.41, 5.74) is 1.66. The van der Waals surface area contributed by atoms with Crippen molar-refractivity contribution in [1.82, 2.24) is 0 Å². The van der Waals surface area contributed by atoms with Crippen LogP contribution < -0.4 is 0 Å². The van der Waals surface area contributed by atoms with Crippen molar-refractivity contribution >= 4 is 40.0 Å². The van der Waals surface area contributed by atoms with Gasteiger partial charge in [0.05, 0.1) is 0 Å². The Morgan fingerprint density at radius 3 is 1.28 bits per heavy atom. The normalized spacial score (nSPS) is 15.8. The molecule has 0 aliphatic heterocycles. The lowest BCUT2D eigenvalue weighted by atomic mass is 10.4. The second kappa shape index (κ2) is 11.6. The average Bonchev–Trinajstić information content (AvgIpc) is 2.55. The van der Waals surface area contributed by atoms with Gasteiger partial charge in [-0.05, 0) is 43.2 Å². The Hall–Kier alpha value is -0.0425. The van der Waals surface area contributed by atoms with Gasteiger partial charge in [-0.15, -0.1) is 0 Å². The summed E-state index contributed by atoms with van der Waals surface area (Å²) in [6.07, 6.45) is 0. The molecule has 0 heterocycles. The Labute approximate surface area is 203 Å². The van der Waals surface area contributed by atoms with Gasteiger partial charge < -0.3 is 16.8 Å². The van der Waals surface area contributed by atoms with Crippen LogP contribution in [-0.2, 0) is 21.6 Å². The summed E-state index contributed by atoms with van der Waals surface area (Å²) in [6, 6.07) is 0. The maximum absolute atomic E-state index is 12.7. The maximum atomic E-state index is 12.7. The lowest BCUT2D eigenvalue weighted by Crippen LogP contribution is -2.66. The van der Waals surface area contributed by atoms with E-state index in [0.717, 1.165) is 0 Å². The molecular weight excluding hydrogens is 469 g/mol. The molecule has 1 atom stereocenters. The third-order valence-corrected chi connectivity index (χ3v) is 24.8. The highest BCUT2D eigenvalue weighted by Gasteiger charge is 2.60. The highest BCUT2D eigenvalue weighted by atomic mass is 28.5. The number of carbonyl (C=O) groups excluding carboxylic acids is 1. The van der Waals surface area contributed by atoms with Crippen LogP contribution in [0.25, 0.3) is 0 Å². The molecule has 0 saturated heterocycles. The van der Waals surface area contributed by atoms with E-state index in [9.17, 15) is 4.79 Å². The molecule has 5 nitrogen and oxygen atoms in total. The Bertz CT molecular complexity index is 611. The first-order valence-corrected chi connectivity index (χ1v) is 21.9. The summed E-state index contributed by atoms with van der Waals surface area (Å²) in [7, 11) is -10.6. The Morgan fingerprint density at radius 1 is 0.656 bits per heavy atom. The molecule has 0 aliphatic carbocycles. The van der Waals surface area contributed by atoms with Crippen LogP contribution in [0.15, 0.2) is 12.2 Å². The summed E-state index contributed by atoms with van der Waals surface area (Å²) >= 11 is 0. The van der Waals surface area contributed by atoms with Crippen LogP contribution in [0.2, 0.25) is 53.9 Å². The Balaban J connectivity index is 6.78. The molecule has 9 heteroatoms. The van der Waals surface area contributed by atoms with E-state index in [-0.39, 0.29) is 17.1 Å². The molecule has 0 amide bonds. The van der Waals surface area contributed by atoms with Crippen molar-refractivity contribution in [2.75, 3.05) is 0 Å². The van der Waals surface area contributed by atoms with E-state index in [1.54, 1.807) is 6.92 Å². The van der Waals surface area contributed by atoms with Gasteiger partial charge in [0, 0.05) is 23.2 Å². The SMILES string of the molecule is C=C(C)C(=O)O[Si](O[Si](C)(O[Si](C)(C)C)O[Si](C(C)C)(C(C)C)C(C)C)(C(C)C)C(C)C. The van der Waals surface area contributed by atoms with Crippen LogP contribution in [0.5, 0.6) is 0 Å². The molecule has 0 aromatic heterocycles. The van der Waals surface area contributed by atoms with Crippen LogP contribution in [-0.4, -0.2) is 40.0 Å². The van der Waals surface area contributed by atoms with Crippen molar-refractivity contribution in [2.24, 2.45) is 0 Å². The minimum atomic E-state index is -3.19. The fourth-order valence-corrected chi connectivity index (χ4v) is 27.1. The second-order valence-electron chi connectivity index (χ2n) is 11.8. The zero-order valence-electron chi connectivity index (χ0n) is 23.6. The van der Waals surface area contributed by atoms with E-state index in [4.69, 9.17) is 16.8 Å². The van der Waals surface area contributed by atoms with Crippen molar-refractivity contribution in [1.29, 1.82) is 0 Å². The van der Waals surface area contributed by atoms with Gasteiger partial charge in [0.2, 0.25) is 0 Å². The van der Waals surface area contributed by atoms with E-state index in [1.807, 2.05) is 6.55 Å². The van der Waals surface area contributed by atoms with Crippen molar-refractivity contribution in [3.8, 4) is 0 Å². The third-order valence-electron chi connectivity index (χ3n) is 6.12. The highest BCUT2D eigenvalue weighted by molar-refractivity contribution is 6.91. The molecule has 0 saturated carbocycles. The number of carbonyl (C=O) groups is 1. The predicted octanol–water partition coefficient (Wildman–Crippen LogP) is 8.00. The summed E-state index contributed by atoms with van der Waals surface area (Å²) in [5.74, 6) is -0.386. The van der Waals surface area contributed by atoms with Gasteiger partial charge in [0.15, 0.2) is 16.6 Å². The zero-order valence-corrected chi connectivity index (χ0v) is 27.6. The molecule has 1 unspecified atom stereocenters. The summed E-state index contributed by atoms with van der Waals surface area (Å²) < 4.78 is 27.4. The molecule has 190 valence electrons. The van der Waals surface area contributed by atoms with E-state index in [1.165, 1.54) is 0 Å². The minimum Gasteiger partial charge on any atom is -0.491 e. The number of hydrogen-bond donors (Lipinski definition) is 0. The lowest BCUT2D eigenvalue weighted by Gasteiger charge is -2.51. The molecule has 0 radical (unpaired) electrons. The monoisotopic (exact) mass is 520 g/mol. The van der Waals surface area contributed by atoms with Gasteiger partial charge in [0.25, 0.3) is 0 Å². The highest BCUT2D eigenvalue weighted by Crippen LogP contribution is 2.46. The molecule has 0 fully saturated rings. The van der Waals surface area contributed by atoms with E-state index in [2.05, 4.69) is 95.5 Å². The van der Waals surface area contributed by atoms with E-state index in [0.29, 0.717) is 22.2 Å². The molecule has 0 N–H and O–H groups in total. The molecule has 32 heavy (non-hydrogen) atoms. The molecule has 0 aliphatic rings. The quantitative estimate of drug-likeness (QED) is 0.182. The second-order valence-corrected chi connectivity index (χ2v) is 29.3. The van der Waals surface area contributed by atoms with Crippen LogP contribution in [0.1, 0.15) is 76.2 Å². The first-order valence-electron chi connectivity index (χ1n) is 12.2. The summed E-state index contributed by atoms with van der Waals surface area (Å²) in [4.78, 5) is 12.7. The standard InChI is InChI=1S/C23H52O5Si4/c1-17(2)23(24)25-32(21(9)10,22(11)12)28-30(16,26-29(13,14)15)27-31(18(3)4,19(5)6)20(7)8/h18-22H,1H2,2-16H3. The van der Waals surface area contributed by atoms with E-state index >= 15 is 0 Å². The van der Waals surface area contributed by atoms with Crippen LogP contribution in [0.4, 0.5) is 0 Å². The van der Waals surface area contributed by atoms with Gasteiger partial charge in [-0.1, -0.05) is 75.8 Å². The fourth-order valence-electron chi connectivity index (χ4n) is 4.97. The minimum absolute atomic E-state index is 0.0414. The molecule has 0 aromatic carbocycles. The predicted molar refractivity (Wildman–Crippen MR) is 146 cm³/mol. The number of hydrogen-bond acceptors (Lipinski definition) is 5. The zero-order chi connectivity index (χ0) is 25.9. The van der Waals surface area contributed by atoms with Gasteiger partial charge in [0.1, 0.15) is 0 Å². The van der Waals surface area contributed by atoms with Gasteiger partial charge >= 0.3 is 23.3 Å². The van der Waals surface area contributed by atoms with Gasteiger partial charge in [-0.2, -0.15) is 0 Å². The first kappa shape index (κ1) is 32.0. The smallest absolute Gasteiger partial charge is 0.468 e. The van der Waals surface area contributed by atoms with Crippen LogP contribution in [0, 0.1) is 0 Å². The average molecular weight is 521 g/mol. The van der Waals surface area contributed by atoms with Crippen LogP contribution in [0.3, 0.4) is 0 Å². The topological polar surface area (TPSA) is 54.0 Å². The number of rotatable bonds is 13. The van der Waals surface area contributed by atoms with Crippen molar-refractivity contribution in [3.05, 3.63) is 12.2 Å². The summed E-state index contributed by atoms with van der Waals surface area (Å²) in [6.45, 7) is 36.0. The molecule has 0 rings (SSSR count). The maximum Gasteiger partial charge on any atom is 0.468 e.